The molecule has 0 bridgehead atoms. The Morgan fingerprint density at radius 2 is 2.28 bits per heavy atom. The zero-order valence-electron chi connectivity index (χ0n) is 11.3. The van der Waals surface area contributed by atoms with E-state index in [4.69, 9.17) is 4.74 Å². The van der Waals surface area contributed by atoms with Crippen molar-refractivity contribution in [3.05, 3.63) is 22.5 Å². The molecule has 2 heterocycles. The zero-order valence-corrected chi connectivity index (χ0v) is 12.1. The number of hydrogen-bond donors (Lipinski definition) is 1. The van der Waals surface area contributed by atoms with Crippen LogP contribution in [0.15, 0.2) is 6.20 Å². The highest BCUT2D eigenvalue weighted by atomic mass is 32.1. The van der Waals surface area contributed by atoms with Crippen molar-refractivity contribution in [1.29, 1.82) is 0 Å². The van der Waals surface area contributed by atoms with Gasteiger partial charge in [-0.1, -0.05) is 0 Å². The van der Waals surface area contributed by atoms with E-state index in [1.807, 2.05) is 6.92 Å². The molecular weight excluding hydrogens is 246 g/mol. The quantitative estimate of drug-likeness (QED) is 0.783. The highest BCUT2D eigenvalue weighted by Gasteiger charge is 2.10. The molecule has 0 saturated heterocycles. The summed E-state index contributed by atoms with van der Waals surface area (Å²) in [6.07, 6.45) is 3.22. The van der Waals surface area contributed by atoms with Crippen molar-refractivity contribution in [2.24, 2.45) is 0 Å². The molecule has 4 nitrogen and oxygen atoms in total. The third-order valence-electron chi connectivity index (χ3n) is 2.88. The molecule has 0 unspecified atom stereocenters. The van der Waals surface area contributed by atoms with E-state index < -0.39 is 0 Å². The number of nitrogens with zero attached hydrogens (tertiary/aromatic N) is 2. The van der Waals surface area contributed by atoms with E-state index in [9.17, 15) is 0 Å². The van der Waals surface area contributed by atoms with E-state index >= 15 is 0 Å². The SMILES string of the molecule is CCOCCCNCc1c(C)nc2sc(C)cn12. The van der Waals surface area contributed by atoms with Gasteiger partial charge in [-0.2, -0.15) is 0 Å². The minimum absolute atomic E-state index is 0.802. The average Bonchev–Trinajstić information content (AvgIpc) is 2.80. The lowest BCUT2D eigenvalue weighted by Gasteiger charge is -2.05. The van der Waals surface area contributed by atoms with Gasteiger partial charge in [0.1, 0.15) is 0 Å². The number of aryl methyl sites for hydroxylation is 2. The average molecular weight is 267 g/mol. The van der Waals surface area contributed by atoms with Gasteiger partial charge in [-0.05, 0) is 33.7 Å². The van der Waals surface area contributed by atoms with Gasteiger partial charge in [-0.3, -0.25) is 4.40 Å². The van der Waals surface area contributed by atoms with Gasteiger partial charge in [0.05, 0.1) is 11.4 Å². The van der Waals surface area contributed by atoms with Gasteiger partial charge in [0.2, 0.25) is 0 Å². The lowest BCUT2D eigenvalue weighted by atomic mass is 10.3. The van der Waals surface area contributed by atoms with E-state index in [1.54, 1.807) is 11.3 Å². The number of thiazole rings is 1. The first-order valence-electron chi connectivity index (χ1n) is 6.44. The van der Waals surface area contributed by atoms with Crippen LogP contribution in [0.2, 0.25) is 0 Å². The topological polar surface area (TPSA) is 38.6 Å². The fourth-order valence-corrected chi connectivity index (χ4v) is 2.86. The molecule has 0 fully saturated rings. The highest BCUT2D eigenvalue weighted by molar-refractivity contribution is 7.17. The Kier molecular flexibility index (Phi) is 4.74. The Labute approximate surface area is 112 Å². The molecule has 1 N–H and O–H groups in total. The fraction of sp³-hybridized carbons (Fsp3) is 0.615. The summed E-state index contributed by atoms with van der Waals surface area (Å²) < 4.78 is 7.51. The van der Waals surface area contributed by atoms with Crippen molar-refractivity contribution in [2.45, 2.75) is 33.7 Å². The number of hydrogen-bond acceptors (Lipinski definition) is 4. The second kappa shape index (κ2) is 6.31. The van der Waals surface area contributed by atoms with Gasteiger partial charge >= 0.3 is 0 Å². The molecule has 2 aromatic heterocycles. The molecule has 0 saturated carbocycles. The number of nitrogens with one attached hydrogen (secondary N) is 1. The van der Waals surface area contributed by atoms with Crippen molar-refractivity contribution in [3.8, 4) is 0 Å². The van der Waals surface area contributed by atoms with Crippen molar-refractivity contribution in [2.75, 3.05) is 19.8 Å². The first-order chi connectivity index (χ1) is 8.72. The Morgan fingerprint density at radius 1 is 1.44 bits per heavy atom. The summed E-state index contributed by atoms with van der Waals surface area (Å²) in [5.74, 6) is 0. The van der Waals surface area contributed by atoms with Crippen LogP contribution in [0.5, 0.6) is 0 Å². The Morgan fingerprint density at radius 3 is 3.06 bits per heavy atom. The number of ether oxygens (including phenoxy) is 1. The van der Waals surface area contributed by atoms with Crippen LogP contribution in [0.3, 0.4) is 0 Å². The first kappa shape index (κ1) is 13.5. The monoisotopic (exact) mass is 267 g/mol. The number of fused-ring (bicyclic) bond motifs is 1. The van der Waals surface area contributed by atoms with Crippen LogP contribution in [0, 0.1) is 13.8 Å². The molecule has 0 atom stereocenters. The first-order valence-corrected chi connectivity index (χ1v) is 7.26. The van der Waals surface area contributed by atoms with Gasteiger partial charge < -0.3 is 10.1 Å². The third kappa shape index (κ3) is 3.10. The number of aromatic nitrogens is 2. The largest absolute Gasteiger partial charge is 0.382 e. The molecule has 0 aliphatic heterocycles. The lowest BCUT2D eigenvalue weighted by molar-refractivity contribution is 0.144. The van der Waals surface area contributed by atoms with Gasteiger partial charge in [-0.15, -0.1) is 11.3 Å². The van der Waals surface area contributed by atoms with Crippen LogP contribution in [-0.2, 0) is 11.3 Å². The van der Waals surface area contributed by atoms with Crippen LogP contribution in [0.1, 0.15) is 29.6 Å². The van der Waals surface area contributed by atoms with Crippen LogP contribution in [-0.4, -0.2) is 29.1 Å². The molecule has 5 heteroatoms. The van der Waals surface area contributed by atoms with E-state index in [1.165, 1.54) is 10.6 Å². The van der Waals surface area contributed by atoms with Gasteiger partial charge in [0, 0.05) is 30.8 Å². The van der Waals surface area contributed by atoms with E-state index in [0.717, 1.165) is 43.4 Å². The van der Waals surface area contributed by atoms with Crippen LogP contribution < -0.4 is 5.32 Å². The number of imidazole rings is 1. The molecule has 0 spiro atoms. The molecule has 0 radical (unpaired) electrons. The van der Waals surface area contributed by atoms with Crippen molar-refractivity contribution >= 4 is 16.3 Å². The van der Waals surface area contributed by atoms with Crippen LogP contribution in [0.4, 0.5) is 0 Å². The van der Waals surface area contributed by atoms with Gasteiger partial charge in [-0.25, -0.2) is 4.98 Å². The summed E-state index contributed by atoms with van der Waals surface area (Å²) in [5.41, 5.74) is 2.39. The summed E-state index contributed by atoms with van der Waals surface area (Å²) >= 11 is 1.74. The molecule has 100 valence electrons. The molecule has 0 aliphatic rings. The summed E-state index contributed by atoms with van der Waals surface area (Å²) in [4.78, 5) is 6.97. The second-order valence-corrected chi connectivity index (χ2v) is 5.58. The summed E-state index contributed by atoms with van der Waals surface area (Å²) in [7, 11) is 0. The molecule has 2 rings (SSSR count). The standard InChI is InChI=1S/C13H21N3OS/c1-4-17-7-5-6-14-8-12-11(3)15-13-16(12)9-10(2)18-13/h9,14H,4-8H2,1-3H3. The summed E-state index contributed by atoms with van der Waals surface area (Å²) in [6, 6.07) is 0. The Hall–Kier alpha value is -0.910. The third-order valence-corrected chi connectivity index (χ3v) is 3.78. The Bertz CT molecular complexity index is 504. The normalized spacial score (nSPS) is 11.5. The highest BCUT2D eigenvalue weighted by Crippen LogP contribution is 2.20. The van der Waals surface area contributed by atoms with Crippen molar-refractivity contribution < 1.29 is 4.74 Å². The van der Waals surface area contributed by atoms with Crippen molar-refractivity contribution in [1.82, 2.24) is 14.7 Å². The summed E-state index contributed by atoms with van der Waals surface area (Å²) in [5, 5.41) is 3.45. The maximum Gasteiger partial charge on any atom is 0.194 e. The van der Waals surface area contributed by atoms with E-state index in [2.05, 4.69) is 34.7 Å². The van der Waals surface area contributed by atoms with Crippen LogP contribution in [0.25, 0.3) is 4.96 Å². The molecule has 0 amide bonds. The molecule has 2 aromatic rings. The predicted molar refractivity (Wildman–Crippen MR) is 75.4 cm³/mol. The second-order valence-electron chi connectivity index (χ2n) is 4.37. The smallest absolute Gasteiger partial charge is 0.194 e. The number of rotatable bonds is 7. The van der Waals surface area contributed by atoms with E-state index in [0.29, 0.717) is 0 Å². The van der Waals surface area contributed by atoms with Crippen LogP contribution >= 0.6 is 11.3 Å². The molecular formula is C13H21N3OS. The minimum atomic E-state index is 0.802. The lowest BCUT2D eigenvalue weighted by Crippen LogP contribution is -2.18. The molecule has 0 aromatic carbocycles. The van der Waals surface area contributed by atoms with Crippen molar-refractivity contribution in [3.63, 3.8) is 0 Å². The summed E-state index contributed by atoms with van der Waals surface area (Å²) in [6.45, 7) is 9.71. The van der Waals surface area contributed by atoms with Gasteiger partial charge in [0.25, 0.3) is 0 Å². The van der Waals surface area contributed by atoms with E-state index in [-0.39, 0.29) is 0 Å². The Balaban J connectivity index is 1.88. The zero-order chi connectivity index (χ0) is 13.0. The molecule has 18 heavy (non-hydrogen) atoms. The maximum absolute atomic E-state index is 5.31. The fourth-order valence-electron chi connectivity index (χ4n) is 1.97. The maximum atomic E-state index is 5.31. The molecule has 0 aliphatic carbocycles. The minimum Gasteiger partial charge on any atom is -0.382 e. The van der Waals surface area contributed by atoms with Gasteiger partial charge in [0.15, 0.2) is 4.96 Å². The predicted octanol–water partition coefficient (Wildman–Crippen LogP) is 2.53.